The number of halogens is 1. The number of urea groups is 1. The maximum Gasteiger partial charge on any atom is 0.315 e. The van der Waals surface area contributed by atoms with Crippen LogP contribution in [0.25, 0.3) is 0 Å². The van der Waals surface area contributed by atoms with Crippen LogP contribution in [0.15, 0.2) is 24.3 Å². The van der Waals surface area contributed by atoms with Gasteiger partial charge in [-0.2, -0.15) is 11.8 Å². The molecule has 0 radical (unpaired) electrons. The number of thioether (sulfide) groups is 1. The van der Waals surface area contributed by atoms with Crippen molar-refractivity contribution in [2.24, 2.45) is 0 Å². The summed E-state index contributed by atoms with van der Waals surface area (Å²) in [4.78, 5) is 12.1. The maximum absolute atomic E-state index is 12.9. The van der Waals surface area contributed by atoms with Crippen LogP contribution in [0.4, 0.5) is 9.18 Å². The molecule has 0 unspecified atom stereocenters. The molecule has 0 spiro atoms. The molecule has 2 fully saturated rings. The zero-order chi connectivity index (χ0) is 16.3. The van der Waals surface area contributed by atoms with E-state index >= 15 is 0 Å². The zero-order valence-corrected chi connectivity index (χ0v) is 14.1. The number of amides is 2. The molecule has 2 atom stereocenters. The predicted molar refractivity (Wildman–Crippen MR) is 90.4 cm³/mol. The molecule has 4 nitrogen and oxygen atoms in total. The summed E-state index contributed by atoms with van der Waals surface area (Å²) < 4.78 is 18.4. The van der Waals surface area contributed by atoms with Crippen molar-refractivity contribution in [1.29, 1.82) is 0 Å². The fourth-order valence-corrected chi connectivity index (χ4v) is 3.88. The molecule has 1 aliphatic heterocycles. The summed E-state index contributed by atoms with van der Waals surface area (Å²) in [5, 5.41) is 6.02. The van der Waals surface area contributed by atoms with Gasteiger partial charge in [-0.1, -0.05) is 12.1 Å². The molecular weight excluding hydrogens is 315 g/mol. The number of nitrogens with one attached hydrogen (secondary N) is 2. The molecule has 0 bridgehead atoms. The van der Waals surface area contributed by atoms with Gasteiger partial charge in [-0.15, -0.1) is 0 Å². The van der Waals surface area contributed by atoms with Crippen LogP contribution in [-0.4, -0.2) is 42.8 Å². The normalized spacial score (nSPS) is 25.7. The standard InChI is InChI=1S/C17H23FN2O2S/c1-23-17(6-8-22-9-7-17)11-19-16(21)20-15-10-14(15)12-2-4-13(18)5-3-12/h2-5,14-15H,6-11H2,1H3,(H2,19,20,21)/t14-,15+/m0/s1. The molecular formula is C17H23FN2O2S. The van der Waals surface area contributed by atoms with Gasteiger partial charge in [0.1, 0.15) is 5.82 Å². The lowest BCUT2D eigenvalue weighted by Gasteiger charge is -2.35. The van der Waals surface area contributed by atoms with Gasteiger partial charge in [0.25, 0.3) is 0 Å². The fraction of sp³-hybridized carbons (Fsp3) is 0.588. The van der Waals surface area contributed by atoms with Gasteiger partial charge in [-0.05, 0) is 43.2 Å². The van der Waals surface area contributed by atoms with Crippen LogP contribution in [0.5, 0.6) is 0 Å². The monoisotopic (exact) mass is 338 g/mol. The van der Waals surface area contributed by atoms with E-state index in [-0.39, 0.29) is 22.6 Å². The number of hydrogen-bond donors (Lipinski definition) is 2. The first-order valence-electron chi connectivity index (χ1n) is 8.05. The first kappa shape index (κ1) is 16.6. The lowest BCUT2D eigenvalue weighted by molar-refractivity contribution is 0.0777. The molecule has 3 rings (SSSR count). The van der Waals surface area contributed by atoms with E-state index in [4.69, 9.17) is 4.74 Å². The Bertz CT molecular complexity index is 546. The highest BCUT2D eigenvalue weighted by molar-refractivity contribution is 8.00. The quantitative estimate of drug-likeness (QED) is 0.868. The van der Waals surface area contributed by atoms with Crippen molar-refractivity contribution in [3.05, 3.63) is 35.6 Å². The van der Waals surface area contributed by atoms with Gasteiger partial charge in [-0.3, -0.25) is 0 Å². The number of hydrogen-bond acceptors (Lipinski definition) is 3. The van der Waals surface area contributed by atoms with Crippen LogP contribution in [0, 0.1) is 5.82 Å². The van der Waals surface area contributed by atoms with Crippen LogP contribution in [0.1, 0.15) is 30.7 Å². The van der Waals surface area contributed by atoms with Crippen molar-refractivity contribution in [2.75, 3.05) is 26.0 Å². The second-order valence-electron chi connectivity index (χ2n) is 6.33. The molecule has 1 heterocycles. The SMILES string of the molecule is CSC1(CNC(=O)N[C@@H]2C[C@H]2c2ccc(F)cc2)CCOCC1. The Morgan fingerprint density at radius 2 is 2.04 bits per heavy atom. The van der Waals surface area contributed by atoms with E-state index in [1.165, 1.54) is 12.1 Å². The minimum Gasteiger partial charge on any atom is -0.381 e. The first-order chi connectivity index (χ1) is 11.1. The van der Waals surface area contributed by atoms with Gasteiger partial charge in [-0.25, -0.2) is 9.18 Å². The molecule has 2 aliphatic rings. The lowest BCUT2D eigenvalue weighted by atomic mass is 9.99. The number of ether oxygens (including phenoxy) is 1. The smallest absolute Gasteiger partial charge is 0.315 e. The number of carbonyl (C=O) groups excluding carboxylic acids is 1. The van der Waals surface area contributed by atoms with E-state index in [1.807, 2.05) is 11.8 Å². The van der Waals surface area contributed by atoms with E-state index in [9.17, 15) is 9.18 Å². The summed E-state index contributed by atoms with van der Waals surface area (Å²) >= 11 is 1.81. The van der Waals surface area contributed by atoms with Crippen LogP contribution in [0.3, 0.4) is 0 Å². The van der Waals surface area contributed by atoms with Gasteiger partial charge >= 0.3 is 6.03 Å². The topological polar surface area (TPSA) is 50.4 Å². The summed E-state index contributed by atoms with van der Waals surface area (Å²) in [5.41, 5.74) is 1.08. The van der Waals surface area contributed by atoms with Crippen LogP contribution in [0.2, 0.25) is 0 Å². The fourth-order valence-electron chi connectivity index (χ4n) is 3.09. The molecule has 1 aliphatic carbocycles. The molecule has 2 N–H and O–H groups in total. The summed E-state index contributed by atoms with van der Waals surface area (Å²) in [5.74, 6) is 0.0782. The Balaban J connectivity index is 1.44. The largest absolute Gasteiger partial charge is 0.381 e. The summed E-state index contributed by atoms with van der Waals surface area (Å²) in [6.07, 6.45) is 4.95. The lowest BCUT2D eigenvalue weighted by Crippen LogP contribution is -2.47. The predicted octanol–water partition coefficient (Wildman–Crippen LogP) is 2.89. The Kier molecular flexibility index (Phi) is 5.11. The van der Waals surface area contributed by atoms with Crippen molar-refractivity contribution in [1.82, 2.24) is 10.6 Å². The Hall–Kier alpha value is -1.27. The Labute approximate surface area is 140 Å². The second kappa shape index (κ2) is 7.09. The third-order valence-corrected chi connectivity index (χ3v) is 6.23. The average molecular weight is 338 g/mol. The highest BCUT2D eigenvalue weighted by Crippen LogP contribution is 2.40. The zero-order valence-electron chi connectivity index (χ0n) is 13.3. The van der Waals surface area contributed by atoms with E-state index < -0.39 is 0 Å². The van der Waals surface area contributed by atoms with Crippen LogP contribution < -0.4 is 10.6 Å². The van der Waals surface area contributed by atoms with E-state index in [0.717, 1.165) is 38.0 Å². The van der Waals surface area contributed by atoms with Crippen LogP contribution in [-0.2, 0) is 4.74 Å². The Morgan fingerprint density at radius 1 is 1.35 bits per heavy atom. The van der Waals surface area contributed by atoms with E-state index in [2.05, 4.69) is 16.9 Å². The second-order valence-corrected chi connectivity index (χ2v) is 7.60. The molecule has 1 aromatic rings. The van der Waals surface area contributed by atoms with Gasteiger partial charge in [0.2, 0.25) is 0 Å². The molecule has 1 saturated carbocycles. The maximum atomic E-state index is 12.9. The molecule has 1 aromatic carbocycles. The van der Waals surface area contributed by atoms with Crippen molar-refractivity contribution < 1.29 is 13.9 Å². The average Bonchev–Trinajstić information content (AvgIpc) is 3.33. The molecule has 2 amide bonds. The number of rotatable bonds is 5. The minimum absolute atomic E-state index is 0.0928. The summed E-state index contributed by atoms with van der Waals surface area (Å²) in [7, 11) is 0. The number of carbonyl (C=O) groups is 1. The van der Waals surface area contributed by atoms with Gasteiger partial charge in [0, 0.05) is 36.5 Å². The molecule has 0 aromatic heterocycles. The highest BCUT2D eigenvalue weighted by Gasteiger charge is 2.40. The van der Waals surface area contributed by atoms with Crippen molar-refractivity contribution >= 4 is 17.8 Å². The molecule has 126 valence electrons. The molecule has 1 saturated heterocycles. The first-order valence-corrected chi connectivity index (χ1v) is 9.27. The highest BCUT2D eigenvalue weighted by atomic mass is 32.2. The third-order valence-electron chi connectivity index (χ3n) is 4.81. The van der Waals surface area contributed by atoms with Gasteiger partial charge < -0.3 is 15.4 Å². The van der Waals surface area contributed by atoms with Gasteiger partial charge in [0.05, 0.1) is 0 Å². The summed E-state index contributed by atoms with van der Waals surface area (Å²) in [6.45, 7) is 2.19. The van der Waals surface area contributed by atoms with E-state index in [0.29, 0.717) is 12.5 Å². The van der Waals surface area contributed by atoms with Gasteiger partial charge in [0.15, 0.2) is 0 Å². The van der Waals surface area contributed by atoms with Crippen molar-refractivity contribution in [3.8, 4) is 0 Å². The number of benzene rings is 1. The van der Waals surface area contributed by atoms with Crippen molar-refractivity contribution in [3.63, 3.8) is 0 Å². The Morgan fingerprint density at radius 3 is 2.70 bits per heavy atom. The van der Waals surface area contributed by atoms with E-state index in [1.54, 1.807) is 12.1 Å². The molecule has 6 heteroatoms. The molecule has 23 heavy (non-hydrogen) atoms. The van der Waals surface area contributed by atoms with Crippen LogP contribution >= 0.6 is 11.8 Å². The third kappa shape index (κ3) is 4.18. The summed E-state index contributed by atoms with van der Waals surface area (Å²) in [6, 6.07) is 6.57. The minimum atomic E-state index is -0.226. The van der Waals surface area contributed by atoms with Crippen molar-refractivity contribution in [2.45, 2.75) is 36.0 Å².